The summed E-state index contributed by atoms with van der Waals surface area (Å²) in [7, 11) is 0. The van der Waals surface area contributed by atoms with Crippen molar-refractivity contribution in [2.24, 2.45) is 5.73 Å². The first-order valence-electron chi connectivity index (χ1n) is 9.82. The van der Waals surface area contributed by atoms with Crippen LogP contribution in [0.25, 0.3) is 11.1 Å². The first-order valence-corrected chi connectivity index (χ1v) is 9.82. The topological polar surface area (TPSA) is 53.0 Å². The Kier molecular flexibility index (Phi) is 4.75. The molecule has 0 aromatic heterocycles. The molecule has 2 heterocycles. The van der Waals surface area contributed by atoms with Crippen molar-refractivity contribution in [2.45, 2.75) is 63.7 Å². The Balaban J connectivity index is 1.73. The van der Waals surface area contributed by atoms with Gasteiger partial charge >= 0.3 is 0 Å². The van der Waals surface area contributed by atoms with Crippen molar-refractivity contribution in [1.82, 2.24) is 4.90 Å². The Hall–Kier alpha value is -2.22. The van der Waals surface area contributed by atoms with E-state index in [2.05, 4.69) is 36.9 Å². The molecule has 0 saturated carbocycles. The smallest absolute Gasteiger partial charge is 0.141 e. The minimum Gasteiger partial charge on any atom is -0.326 e. The molecule has 2 aromatic carbocycles. The van der Waals surface area contributed by atoms with Crippen LogP contribution in [0, 0.1) is 17.1 Å². The van der Waals surface area contributed by atoms with Gasteiger partial charge in [0.2, 0.25) is 0 Å². The fourth-order valence-electron chi connectivity index (χ4n) is 5.05. The van der Waals surface area contributed by atoms with Gasteiger partial charge in [-0.2, -0.15) is 5.26 Å². The van der Waals surface area contributed by atoms with Crippen molar-refractivity contribution in [3.05, 3.63) is 58.9 Å². The normalized spacial score (nSPS) is 24.5. The fraction of sp³-hybridized carbons (Fsp3) is 0.435. The summed E-state index contributed by atoms with van der Waals surface area (Å²) in [5, 5.41) is 9.00. The molecule has 4 rings (SSSR count). The van der Waals surface area contributed by atoms with E-state index in [1.807, 2.05) is 12.1 Å². The van der Waals surface area contributed by atoms with Gasteiger partial charge in [-0.1, -0.05) is 38.1 Å². The predicted molar refractivity (Wildman–Crippen MR) is 106 cm³/mol. The third kappa shape index (κ3) is 3.16. The molecule has 0 radical (unpaired) electrons. The Bertz CT molecular complexity index is 899. The Morgan fingerprint density at radius 2 is 2.07 bits per heavy atom. The van der Waals surface area contributed by atoms with Crippen LogP contribution in [-0.2, 0) is 6.54 Å². The third-order valence-corrected chi connectivity index (χ3v) is 6.26. The highest BCUT2D eigenvalue weighted by atomic mass is 19.1. The highest BCUT2D eigenvalue weighted by Gasteiger charge is 2.44. The summed E-state index contributed by atoms with van der Waals surface area (Å²) in [6, 6.07) is 14.5. The van der Waals surface area contributed by atoms with Gasteiger partial charge < -0.3 is 5.73 Å². The number of fused-ring (bicyclic) bond motifs is 2. The molecule has 0 spiro atoms. The quantitative estimate of drug-likeness (QED) is 0.867. The minimum atomic E-state index is -0.460. The van der Waals surface area contributed by atoms with E-state index >= 15 is 0 Å². The summed E-state index contributed by atoms with van der Waals surface area (Å²) in [6.07, 6.45) is 3.54. The van der Waals surface area contributed by atoms with Crippen molar-refractivity contribution < 1.29 is 4.39 Å². The molecule has 0 amide bonds. The molecule has 3 nitrogen and oxygen atoms in total. The molecule has 2 fully saturated rings. The average molecular weight is 363 g/mol. The van der Waals surface area contributed by atoms with Gasteiger partial charge in [0.1, 0.15) is 11.9 Å². The Morgan fingerprint density at radius 1 is 1.26 bits per heavy atom. The zero-order valence-electron chi connectivity index (χ0n) is 16.0. The molecule has 2 aliphatic rings. The maximum absolute atomic E-state index is 14.2. The Morgan fingerprint density at radius 3 is 2.67 bits per heavy atom. The molecule has 3 atom stereocenters. The third-order valence-electron chi connectivity index (χ3n) is 6.26. The van der Waals surface area contributed by atoms with Crippen molar-refractivity contribution in [2.75, 3.05) is 0 Å². The van der Waals surface area contributed by atoms with Gasteiger partial charge in [-0.15, -0.1) is 0 Å². The van der Waals surface area contributed by atoms with Crippen molar-refractivity contribution >= 4 is 0 Å². The van der Waals surface area contributed by atoms with Gasteiger partial charge in [-0.05, 0) is 59.6 Å². The lowest BCUT2D eigenvalue weighted by Crippen LogP contribution is -2.36. The average Bonchev–Trinajstić information content (AvgIpc) is 3.16. The molecule has 4 heteroatoms. The number of halogens is 1. The molecule has 0 aliphatic carbocycles. The van der Waals surface area contributed by atoms with Crippen LogP contribution in [0.4, 0.5) is 4.39 Å². The summed E-state index contributed by atoms with van der Waals surface area (Å²) in [5.74, 6) is -0.137. The largest absolute Gasteiger partial charge is 0.326 e. The summed E-state index contributed by atoms with van der Waals surface area (Å²) < 4.78 is 14.2. The van der Waals surface area contributed by atoms with Gasteiger partial charge in [0.05, 0.1) is 5.56 Å². The number of nitriles is 1. The van der Waals surface area contributed by atoms with Crippen LogP contribution in [0.5, 0.6) is 0 Å². The van der Waals surface area contributed by atoms with Crippen LogP contribution in [-0.4, -0.2) is 23.0 Å². The maximum Gasteiger partial charge on any atom is 0.141 e. The molecule has 2 aromatic rings. The molecule has 2 bridgehead atoms. The first kappa shape index (κ1) is 18.2. The van der Waals surface area contributed by atoms with E-state index < -0.39 is 5.82 Å². The first-order chi connectivity index (χ1) is 13.0. The summed E-state index contributed by atoms with van der Waals surface area (Å²) >= 11 is 0. The number of hydrogen-bond donors (Lipinski definition) is 1. The monoisotopic (exact) mass is 363 g/mol. The second-order valence-electron chi connectivity index (χ2n) is 8.21. The summed E-state index contributed by atoms with van der Waals surface area (Å²) in [6.45, 7) is 5.28. The van der Waals surface area contributed by atoms with Gasteiger partial charge in [0.15, 0.2) is 0 Å². The molecule has 2 saturated heterocycles. The van der Waals surface area contributed by atoms with Gasteiger partial charge in [-0.3, -0.25) is 4.90 Å². The zero-order valence-corrected chi connectivity index (χ0v) is 16.0. The van der Waals surface area contributed by atoms with Crippen LogP contribution in [0.1, 0.15) is 55.7 Å². The van der Waals surface area contributed by atoms with E-state index in [0.717, 1.165) is 24.1 Å². The number of nitrogens with zero attached hydrogens (tertiary/aromatic N) is 2. The molecular formula is C23H26FN3. The SMILES string of the molecule is CC(C)c1c(CN2[C@@H]3CC[C@H]2[C@@H](N)C3)cccc1-c1ccc(C#N)c(F)c1. The number of hydrogen-bond acceptors (Lipinski definition) is 3. The van der Waals surface area contributed by atoms with Crippen LogP contribution in [0.3, 0.4) is 0 Å². The van der Waals surface area contributed by atoms with Gasteiger partial charge in [0, 0.05) is 24.7 Å². The lowest BCUT2D eigenvalue weighted by molar-refractivity contribution is 0.238. The molecule has 0 unspecified atom stereocenters. The van der Waals surface area contributed by atoms with Crippen molar-refractivity contribution in [3.8, 4) is 17.2 Å². The zero-order chi connectivity index (χ0) is 19.1. The standard InChI is InChI=1S/C23H26FN3/c1-14(2)23-17(13-27-18-8-9-22(27)21(26)11-18)4-3-5-19(23)15-6-7-16(12-25)20(24)10-15/h3-7,10,14,18,21-22H,8-9,11,13,26H2,1-2H3/t18-,21+,22+/m1/s1. The number of rotatable bonds is 4. The second kappa shape index (κ2) is 7.07. The molecule has 2 N–H and O–H groups in total. The molecule has 140 valence electrons. The van der Waals surface area contributed by atoms with E-state index in [0.29, 0.717) is 24.0 Å². The van der Waals surface area contributed by atoms with Crippen LogP contribution >= 0.6 is 0 Å². The molecule has 2 aliphatic heterocycles. The van der Waals surface area contributed by atoms with Crippen molar-refractivity contribution in [3.63, 3.8) is 0 Å². The van der Waals surface area contributed by atoms with Gasteiger partial charge in [-0.25, -0.2) is 4.39 Å². The van der Waals surface area contributed by atoms with Crippen LogP contribution in [0.15, 0.2) is 36.4 Å². The lowest BCUT2D eigenvalue weighted by Gasteiger charge is -2.26. The molecule has 27 heavy (non-hydrogen) atoms. The van der Waals surface area contributed by atoms with E-state index in [4.69, 9.17) is 11.0 Å². The lowest BCUT2D eigenvalue weighted by atomic mass is 9.88. The van der Waals surface area contributed by atoms with E-state index in [1.54, 1.807) is 6.07 Å². The number of nitrogens with two attached hydrogens (primary N) is 1. The minimum absolute atomic E-state index is 0.0867. The highest BCUT2D eigenvalue weighted by Crippen LogP contribution is 2.40. The Labute approximate surface area is 160 Å². The molecular weight excluding hydrogens is 337 g/mol. The number of benzene rings is 2. The van der Waals surface area contributed by atoms with Crippen molar-refractivity contribution in [1.29, 1.82) is 5.26 Å². The van der Waals surface area contributed by atoms with Gasteiger partial charge in [0.25, 0.3) is 0 Å². The van der Waals surface area contributed by atoms with E-state index in [-0.39, 0.29) is 5.56 Å². The summed E-state index contributed by atoms with van der Waals surface area (Å²) in [5.41, 5.74) is 10.9. The van der Waals surface area contributed by atoms with Crippen LogP contribution < -0.4 is 5.73 Å². The highest BCUT2D eigenvalue weighted by molar-refractivity contribution is 5.70. The predicted octanol–water partition coefficient (Wildman–Crippen LogP) is 4.55. The maximum atomic E-state index is 14.2. The second-order valence-corrected chi connectivity index (χ2v) is 8.21. The summed E-state index contributed by atoms with van der Waals surface area (Å²) in [4.78, 5) is 2.58. The van der Waals surface area contributed by atoms with E-state index in [9.17, 15) is 4.39 Å². The fourth-order valence-corrected chi connectivity index (χ4v) is 5.05. The van der Waals surface area contributed by atoms with Crippen LogP contribution in [0.2, 0.25) is 0 Å². The van der Waals surface area contributed by atoms with E-state index in [1.165, 1.54) is 30.0 Å².